The maximum absolute atomic E-state index is 13.3. The molecule has 1 aromatic rings. The van der Waals surface area contributed by atoms with Gasteiger partial charge in [0.25, 0.3) is 0 Å². The molecule has 0 radical (unpaired) electrons. The van der Waals surface area contributed by atoms with Crippen molar-refractivity contribution in [2.24, 2.45) is 0 Å². The fourth-order valence-corrected chi connectivity index (χ4v) is 1.49. The lowest BCUT2D eigenvalue weighted by Crippen LogP contribution is -2.08. The molecule has 0 spiro atoms. The Labute approximate surface area is 102 Å². The van der Waals surface area contributed by atoms with Crippen LogP contribution in [-0.2, 0) is 6.18 Å². The van der Waals surface area contributed by atoms with Gasteiger partial charge in [0.2, 0.25) is 0 Å². The van der Waals surface area contributed by atoms with Gasteiger partial charge in [-0.3, -0.25) is 0 Å². The second-order valence-electron chi connectivity index (χ2n) is 3.56. The minimum Gasteiger partial charge on any atom is -0.206 e. The molecule has 0 aliphatic carbocycles. The molecule has 0 saturated heterocycles. The molecule has 0 aliphatic heterocycles. The first-order chi connectivity index (χ1) is 7.86. The van der Waals surface area contributed by atoms with Gasteiger partial charge in [0.1, 0.15) is 5.82 Å². The van der Waals surface area contributed by atoms with E-state index in [0.29, 0.717) is 23.4 Å². The van der Waals surface area contributed by atoms with E-state index in [-0.39, 0.29) is 0 Å². The van der Waals surface area contributed by atoms with E-state index in [2.05, 4.69) is 0 Å². The number of benzene rings is 1. The standard InChI is InChI=1S/C12H11ClF4/c1-8(3-2-6-13)9-4-5-10(11(14)7-9)12(15,16)17/h3-5,7H,2,6H2,1H3/b8-3-. The molecule has 0 nitrogen and oxygen atoms in total. The molecule has 0 bridgehead atoms. The highest BCUT2D eigenvalue weighted by molar-refractivity contribution is 6.17. The van der Waals surface area contributed by atoms with Gasteiger partial charge in [-0.25, -0.2) is 4.39 Å². The van der Waals surface area contributed by atoms with E-state index in [1.54, 1.807) is 13.0 Å². The second-order valence-corrected chi connectivity index (χ2v) is 3.94. The summed E-state index contributed by atoms with van der Waals surface area (Å²) >= 11 is 5.48. The van der Waals surface area contributed by atoms with Crippen LogP contribution >= 0.6 is 11.6 Å². The van der Waals surface area contributed by atoms with Gasteiger partial charge in [0.05, 0.1) is 5.56 Å². The molecule has 0 saturated carbocycles. The number of hydrogen-bond donors (Lipinski definition) is 0. The quantitative estimate of drug-likeness (QED) is 0.540. The fourth-order valence-electron chi connectivity index (χ4n) is 1.38. The van der Waals surface area contributed by atoms with Crippen molar-refractivity contribution in [3.05, 3.63) is 41.2 Å². The third-order valence-corrected chi connectivity index (χ3v) is 2.51. The van der Waals surface area contributed by atoms with Crippen LogP contribution in [0.5, 0.6) is 0 Å². The van der Waals surface area contributed by atoms with Gasteiger partial charge in [-0.15, -0.1) is 11.6 Å². The normalized spacial score (nSPS) is 12.9. The Morgan fingerprint density at radius 2 is 2.00 bits per heavy atom. The highest BCUT2D eigenvalue weighted by atomic mass is 35.5. The van der Waals surface area contributed by atoms with Crippen LogP contribution in [0.25, 0.3) is 5.57 Å². The largest absolute Gasteiger partial charge is 0.419 e. The number of alkyl halides is 4. The van der Waals surface area contributed by atoms with Gasteiger partial charge >= 0.3 is 6.18 Å². The van der Waals surface area contributed by atoms with Gasteiger partial charge in [0.15, 0.2) is 0 Å². The maximum Gasteiger partial charge on any atom is 0.419 e. The van der Waals surface area contributed by atoms with Crippen molar-refractivity contribution >= 4 is 17.2 Å². The van der Waals surface area contributed by atoms with Crippen molar-refractivity contribution < 1.29 is 17.6 Å². The Morgan fingerprint density at radius 3 is 2.47 bits per heavy atom. The van der Waals surface area contributed by atoms with Crippen LogP contribution in [0.2, 0.25) is 0 Å². The van der Waals surface area contributed by atoms with Crippen LogP contribution in [0.4, 0.5) is 17.6 Å². The van der Waals surface area contributed by atoms with Crippen molar-refractivity contribution in [1.82, 2.24) is 0 Å². The average Bonchev–Trinajstić information content (AvgIpc) is 2.23. The van der Waals surface area contributed by atoms with Crippen molar-refractivity contribution in [3.63, 3.8) is 0 Å². The van der Waals surface area contributed by atoms with Crippen molar-refractivity contribution in [1.29, 1.82) is 0 Å². The number of allylic oxidation sites excluding steroid dienone is 2. The third kappa shape index (κ3) is 3.73. The molecule has 17 heavy (non-hydrogen) atoms. The van der Waals surface area contributed by atoms with Crippen molar-refractivity contribution in [2.75, 3.05) is 5.88 Å². The zero-order valence-corrected chi connectivity index (χ0v) is 9.87. The van der Waals surface area contributed by atoms with E-state index in [9.17, 15) is 17.6 Å². The fraction of sp³-hybridized carbons (Fsp3) is 0.333. The van der Waals surface area contributed by atoms with Crippen molar-refractivity contribution in [3.8, 4) is 0 Å². The molecule has 0 atom stereocenters. The summed E-state index contributed by atoms with van der Waals surface area (Å²) < 4.78 is 50.2. The third-order valence-electron chi connectivity index (χ3n) is 2.29. The molecule has 0 aliphatic rings. The van der Waals surface area contributed by atoms with E-state index >= 15 is 0 Å². The molecule has 0 heterocycles. The SMILES string of the molecule is C/C(=C/CCCl)c1ccc(C(F)(F)F)c(F)c1. The van der Waals surface area contributed by atoms with Crippen LogP contribution in [0.1, 0.15) is 24.5 Å². The predicted molar refractivity (Wildman–Crippen MR) is 60.4 cm³/mol. The lowest BCUT2D eigenvalue weighted by atomic mass is 10.0. The number of rotatable bonds is 3. The van der Waals surface area contributed by atoms with E-state index in [1.807, 2.05) is 0 Å². The highest BCUT2D eigenvalue weighted by Gasteiger charge is 2.33. The van der Waals surface area contributed by atoms with Crippen LogP contribution in [0.15, 0.2) is 24.3 Å². The molecule has 0 N–H and O–H groups in total. The molecular weight excluding hydrogens is 256 g/mol. The molecule has 0 amide bonds. The van der Waals surface area contributed by atoms with Crippen LogP contribution in [0, 0.1) is 5.82 Å². The van der Waals surface area contributed by atoms with Gasteiger partial charge in [-0.2, -0.15) is 13.2 Å². The topological polar surface area (TPSA) is 0 Å². The summed E-state index contributed by atoms with van der Waals surface area (Å²) in [6.07, 6.45) is -2.30. The smallest absolute Gasteiger partial charge is 0.206 e. The van der Waals surface area contributed by atoms with Crippen LogP contribution < -0.4 is 0 Å². The monoisotopic (exact) mass is 266 g/mol. The van der Waals surface area contributed by atoms with Crippen molar-refractivity contribution in [2.45, 2.75) is 19.5 Å². The van der Waals surface area contributed by atoms with Gasteiger partial charge in [-0.1, -0.05) is 12.1 Å². The lowest BCUT2D eigenvalue weighted by Gasteiger charge is -2.09. The Balaban J connectivity index is 3.05. The molecule has 1 aromatic carbocycles. The van der Waals surface area contributed by atoms with Crippen LogP contribution in [0.3, 0.4) is 0 Å². The summed E-state index contributed by atoms with van der Waals surface area (Å²) in [6.45, 7) is 1.70. The van der Waals surface area contributed by atoms with E-state index in [0.717, 1.165) is 12.1 Å². The predicted octanol–water partition coefficient (Wildman–Crippen LogP) is 4.88. The van der Waals surface area contributed by atoms with Crippen LogP contribution in [-0.4, -0.2) is 5.88 Å². The molecule has 94 valence electrons. The summed E-state index contributed by atoms with van der Waals surface area (Å²) in [5.74, 6) is -0.839. The Kier molecular flexibility index (Phi) is 4.57. The molecule has 0 fully saturated rings. The Morgan fingerprint density at radius 1 is 1.35 bits per heavy atom. The zero-order valence-electron chi connectivity index (χ0n) is 9.11. The summed E-state index contributed by atoms with van der Waals surface area (Å²) in [6, 6.07) is 2.90. The minimum atomic E-state index is -4.66. The summed E-state index contributed by atoms with van der Waals surface area (Å²) in [4.78, 5) is 0. The molecular formula is C12H11ClF4. The number of halogens is 5. The maximum atomic E-state index is 13.3. The molecule has 0 unspecified atom stereocenters. The van der Waals surface area contributed by atoms with Gasteiger partial charge in [0, 0.05) is 5.88 Å². The summed E-state index contributed by atoms with van der Waals surface area (Å²) in [7, 11) is 0. The summed E-state index contributed by atoms with van der Waals surface area (Å²) in [5, 5.41) is 0. The van der Waals surface area contributed by atoms with E-state index in [1.165, 1.54) is 6.07 Å². The minimum absolute atomic E-state index is 0.417. The summed E-state index contributed by atoms with van der Waals surface area (Å²) in [5.41, 5.74) is -0.106. The molecule has 5 heteroatoms. The Hall–Kier alpha value is -1.03. The highest BCUT2D eigenvalue weighted by Crippen LogP contribution is 2.32. The lowest BCUT2D eigenvalue weighted by molar-refractivity contribution is -0.140. The van der Waals surface area contributed by atoms with Gasteiger partial charge in [-0.05, 0) is 36.6 Å². The zero-order chi connectivity index (χ0) is 13.1. The molecule has 0 aromatic heterocycles. The average molecular weight is 267 g/mol. The number of hydrogen-bond acceptors (Lipinski definition) is 0. The Bertz CT molecular complexity index is 421. The second kappa shape index (κ2) is 5.54. The van der Waals surface area contributed by atoms with Gasteiger partial charge < -0.3 is 0 Å². The van der Waals surface area contributed by atoms with E-state index < -0.39 is 17.6 Å². The molecule has 1 rings (SSSR count). The first-order valence-electron chi connectivity index (χ1n) is 4.96. The first-order valence-corrected chi connectivity index (χ1v) is 5.49. The first kappa shape index (κ1) is 14.0. The van der Waals surface area contributed by atoms with E-state index in [4.69, 9.17) is 11.6 Å².